The molecule has 2 aromatic heterocycles. The molecule has 2 heterocycles. The van der Waals surface area contributed by atoms with E-state index in [2.05, 4.69) is 166 Å². The van der Waals surface area contributed by atoms with E-state index in [0.29, 0.717) is 11.1 Å². The van der Waals surface area contributed by atoms with Crippen molar-refractivity contribution in [1.29, 1.82) is 10.5 Å². The number of para-hydroxylation sites is 2. The molecule has 6 aromatic carbocycles. The van der Waals surface area contributed by atoms with Gasteiger partial charge in [0.2, 0.25) is 0 Å². The number of rotatable bonds is 3. The van der Waals surface area contributed by atoms with Crippen LogP contribution in [0.2, 0.25) is 0 Å². The number of aromatic nitrogens is 2. The van der Waals surface area contributed by atoms with Crippen molar-refractivity contribution in [2.24, 2.45) is 0 Å². The van der Waals surface area contributed by atoms with E-state index in [1.54, 1.807) is 0 Å². The average Bonchev–Trinajstić information content (AvgIpc) is 3.62. The zero-order valence-corrected chi connectivity index (χ0v) is 30.3. The van der Waals surface area contributed by atoms with Crippen molar-refractivity contribution < 1.29 is 0 Å². The van der Waals surface area contributed by atoms with Crippen molar-refractivity contribution in [3.8, 4) is 34.6 Å². The second kappa shape index (κ2) is 11.5. The van der Waals surface area contributed by atoms with Gasteiger partial charge in [-0.3, -0.25) is 0 Å². The maximum absolute atomic E-state index is 11.0. The Labute approximate surface area is 299 Å². The van der Waals surface area contributed by atoms with E-state index in [9.17, 15) is 10.5 Å². The standard InChI is InChI=1S/C47H40N4/c1-29-20-30(27-48)22-31(21-29)39-26-42(50-40-14-10-8-12-35(40)37-18-16-33(24-44(37)50)46(2,3)4)32(28-49)23-43(39)51-41-15-11-9-13-36(41)38-19-17-34(25-45(38)51)47(5,6)7/h8-26H,1-7H3. The minimum atomic E-state index is -0.0553. The van der Waals surface area contributed by atoms with Crippen LogP contribution in [-0.4, -0.2) is 9.13 Å². The van der Waals surface area contributed by atoms with Gasteiger partial charge in [0.15, 0.2) is 0 Å². The van der Waals surface area contributed by atoms with E-state index in [4.69, 9.17) is 0 Å². The molecular formula is C47H40N4. The fraction of sp³-hybridized carbons (Fsp3) is 0.191. The molecule has 4 nitrogen and oxygen atoms in total. The highest BCUT2D eigenvalue weighted by Gasteiger charge is 2.24. The molecule has 0 fully saturated rings. The maximum atomic E-state index is 11.0. The molecule has 0 unspecified atom stereocenters. The molecule has 0 aliphatic carbocycles. The van der Waals surface area contributed by atoms with Crippen LogP contribution in [0.15, 0.2) is 115 Å². The van der Waals surface area contributed by atoms with Crippen LogP contribution < -0.4 is 0 Å². The van der Waals surface area contributed by atoms with Gasteiger partial charge in [0.05, 0.1) is 50.6 Å². The number of hydrogen-bond acceptors (Lipinski definition) is 2. The summed E-state index contributed by atoms with van der Waals surface area (Å²) in [4.78, 5) is 0. The second-order valence-electron chi connectivity index (χ2n) is 15.9. The minimum Gasteiger partial charge on any atom is -0.309 e. The number of fused-ring (bicyclic) bond motifs is 6. The third-order valence-corrected chi connectivity index (χ3v) is 10.3. The van der Waals surface area contributed by atoms with Gasteiger partial charge in [-0.2, -0.15) is 10.5 Å². The molecule has 8 rings (SSSR count). The van der Waals surface area contributed by atoms with E-state index >= 15 is 0 Å². The van der Waals surface area contributed by atoms with E-state index < -0.39 is 0 Å². The van der Waals surface area contributed by atoms with Crippen molar-refractivity contribution in [2.45, 2.75) is 59.3 Å². The fourth-order valence-electron chi connectivity index (χ4n) is 7.66. The van der Waals surface area contributed by atoms with Crippen LogP contribution >= 0.6 is 0 Å². The molecule has 0 saturated carbocycles. The number of nitriles is 2. The molecule has 4 heteroatoms. The van der Waals surface area contributed by atoms with Gasteiger partial charge in [-0.15, -0.1) is 0 Å². The predicted molar refractivity (Wildman–Crippen MR) is 212 cm³/mol. The van der Waals surface area contributed by atoms with Crippen LogP contribution in [-0.2, 0) is 10.8 Å². The van der Waals surface area contributed by atoms with Crippen LogP contribution in [0.5, 0.6) is 0 Å². The fourth-order valence-corrected chi connectivity index (χ4v) is 7.66. The van der Waals surface area contributed by atoms with Gasteiger partial charge < -0.3 is 9.13 Å². The quantitative estimate of drug-likeness (QED) is 0.189. The van der Waals surface area contributed by atoms with E-state index in [-0.39, 0.29) is 10.8 Å². The normalized spacial score (nSPS) is 12.2. The lowest BCUT2D eigenvalue weighted by molar-refractivity contribution is 0.590. The zero-order chi connectivity index (χ0) is 35.8. The summed E-state index contributed by atoms with van der Waals surface area (Å²) in [7, 11) is 0. The first kappa shape index (κ1) is 32.1. The van der Waals surface area contributed by atoms with Crippen molar-refractivity contribution in [3.05, 3.63) is 143 Å². The molecule has 0 N–H and O–H groups in total. The van der Waals surface area contributed by atoms with Crippen LogP contribution in [0.25, 0.3) is 66.1 Å². The molecule has 0 radical (unpaired) electrons. The van der Waals surface area contributed by atoms with Gasteiger partial charge in [0, 0.05) is 27.1 Å². The summed E-state index contributed by atoms with van der Waals surface area (Å²) in [5.41, 5.74) is 12.4. The Morgan fingerprint density at radius 2 is 1.00 bits per heavy atom. The Hall–Kier alpha value is -6.10. The number of nitrogens with zero attached hydrogens (tertiary/aromatic N) is 4. The van der Waals surface area contributed by atoms with Crippen LogP contribution in [0.1, 0.15) is 69.4 Å². The first-order valence-corrected chi connectivity index (χ1v) is 17.6. The van der Waals surface area contributed by atoms with Crippen molar-refractivity contribution in [2.75, 3.05) is 0 Å². The van der Waals surface area contributed by atoms with Gasteiger partial charge in [0.1, 0.15) is 6.07 Å². The Balaban J connectivity index is 1.55. The largest absolute Gasteiger partial charge is 0.309 e. The molecule has 8 aromatic rings. The highest BCUT2D eigenvalue weighted by Crippen LogP contribution is 2.42. The molecule has 0 bridgehead atoms. The Kier molecular flexibility index (Phi) is 7.23. The third kappa shape index (κ3) is 5.19. The summed E-state index contributed by atoms with van der Waals surface area (Å²) in [5.74, 6) is 0. The first-order chi connectivity index (χ1) is 24.4. The summed E-state index contributed by atoms with van der Waals surface area (Å²) in [6.07, 6.45) is 0. The summed E-state index contributed by atoms with van der Waals surface area (Å²) >= 11 is 0. The number of hydrogen-bond donors (Lipinski definition) is 0. The lowest BCUT2D eigenvalue weighted by Crippen LogP contribution is -2.11. The molecule has 0 atom stereocenters. The molecule has 248 valence electrons. The monoisotopic (exact) mass is 660 g/mol. The van der Waals surface area contributed by atoms with E-state index in [0.717, 1.165) is 71.7 Å². The van der Waals surface area contributed by atoms with Crippen molar-refractivity contribution >= 4 is 43.6 Å². The lowest BCUT2D eigenvalue weighted by atomic mass is 9.86. The number of aryl methyl sites for hydroxylation is 1. The first-order valence-electron chi connectivity index (χ1n) is 17.6. The molecule has 0 amide bonds. The highest BCUT2D eigenvalue weighted by atomic mass is 15.0. The van der Waals surface area contributed by atoms with Crippen LogP contribution in [0, 0.1) is 29.6 Å². The van der Waals surface area contributed by atoms with Gasteiger partial charge in [-0.05, 0) is 88.5 Å². The molecule has 0 aliphatic heterocycles. The maximum Gasteiger partial charge on any atom is 0.101 e. The number of benzene rings is 6. The lowest BCUT2D eigenvalue weighted by Gasteiger charge is -2.22. The highest BCUT2D eigenvalue weighted by molar-refractivity contribution is 6.11. The topological polar surface area (TPSA) is 57.4 Å². The van der Waals surface area contributed by atoms with Gasteiger partial charge in [-0.1, -0.05) is 108 Å². The molecule has 51 heavy (non-hydrogen) atoms. The molecule has 0 saturated heterocycles. The second-order valence-corrected chi connectivity index (χ2v) is 15.9. The van der Waals surface area contributed by atoms with Crippen LogP contribution in [0.4, 0.5) is 0 Å². The summed E-state index contributed by atoms with van der Waals surface area (Å²) in [6, 6.07) is 45.7. The molecule has 0 spiro atoms. The Morgan fingerprint density at radius 1 is 0.490 bits per heavy atom. The van der Waals surface area contributed by atoms with Crippen molar-refractivity contribution in [1.82, 2.24) is 9.13 Å². The van der Waals surface area contributed by atoms with Crippen molar-refractivity contribution in [3.63, 3.8) is 0 Å². The summed E-state index contributed by atoms with van der Waals surface area (Å²) in [6.45, 7) is 15.4. The zero-order valence-electron chi connectivity index (χ0n) is 30.3. The SMILES string of the molecule is Cc1cc(C#N)cc(-c2cc(-n3c4ccccc4c4ccc(C(C)(C)C)cc43)c(C#N)cc2-n2c3ccccc3c3ccc(C(C)(C)C)cc32)c1. The third-order valence-electron chi connectivity index (χ3n) is 10.3. The Bertz CT molecular complexity index is 2800. The van der Waals surface area contributed by atoms with E-state index in [1.165, 1.54) is 11.1 Å². The molecule has 0 aliphatic rings. The van der Waals surface area contributed by atoms with Gasteiger partial charge in [-0.25, -0.2) is 0 Å². The van der Waals surface area contributed by atoms with Gasteiger partial charge >= 0.3 is 0 Å². The minimum absolute atomic E-state index is 0.0549. The van der Waals surface area contributed by atoms with E-state index in [1.807, 2.05) is 19.1 Å². The average molecular weight is 661 g/mol. The predicted octanol–water partition coefficient (Wildman–Crippen LogP) is 12.2. The summed E-state index contributed by atoms with van der Waals surface area (Å²) in [5, 5.41) is 25.7. The Morgan fingerprint density at radius 3 is 1.51 bits per heavy atom. The van der Waals surface area contributed by atoms with Gasteiger partial charge in [0.25, 0.3) is 0 Å². The summed E-state index contributed by atoms with van der Waals surface area (Å²) < 4.78 is 4.58. The molecular weight excluding hydrogens is 621 g/mol. The van der Waals surface area contributed by atoms with Crippen LogP contribution in [0.3, 0.4) is 0 Å². The smallest absolute Gasteiger partial charge is 0.101 e.